The Labute approximate surface area is 130 Å². The minimum Gasteiger partial charge on any atom is -0.508 e. The molecule has 3 atom stereocenters. The van der Waals surface area contributed by atoms with Gasteiger partial charge >= 0.3 is 5.97 Å². The molecule has 0 unspecified atom stereocenters. The number of hydrogen-bond acceptors (Lipinski definition) is 5. The van der Waals surface area contributed by atoms with Crippen molar-refractivity contribution in [3.8, 4) is 11.8 Å². The first-order valence-corrected chi connectivity index (χ1v) is 7.75. The van der Waals surface area contributed by atoms with Crippen molar-refractivity contribution < 1.29 is 14.6 Å². The van der Waals surface area contributed by atoms with Gasteiger partial charge in [-0.25, -0.2) is 4.79 Å². The Balaban J connectivity index is 2.14. The van der Waals surface area contributed by atoms with E-state index >= 15 is 0 Å². The van der Waals surface area contributed by atoms with Gasteiger partial charge in [-0.15, -0.1) is 0 Å². The van der Waals surface area contributed by atoms with Crippen molar-refractivity contribution in [2.45, 2.75) is 44.7 Å². The minimum absolute atomic E-state index is 0.0401. The van der Waals surface area contributed by atoms with E-state index < -0.39 is 6.04 Å². The SMILES string of the molecule is CCOC(=O)[C@H](N[C@@H]1CCC[C@H](C#N)C1)c1cccc(O)c1. The summed E-state index contributed by atoms with van der Waals surface area (Å²) in [4.78, 5) is 12.2. The highest BCUT2D eigenvalue weighted by molar-refractivity contribution is 5.77. The van der Waals surface area contributed by atoms with Gasteiger partial charge in [-0.1, -0.05) is 18.6 Å². The summed E-state index contributed by atoms with van der Waals surface area (Å²) in [5.41, 5.74) is 0.678. The maximum Gasteiger partial charge on any atom is 0.327 e. The molecule has 0 heterocycles. The van der Waals surface area contributed by atoms with Gasteiger partial charge in [0.1, 0.15) is 11.8 Å². The molecule has 0 bridgehead atoms. The molecule has 22 heavy (non-hydrogen) atoms. The number of benzene rings is 1. The molecule has 5 nitrogen and oxygen atoms in total. The third-order valence-electron chi connectivity index (χ3n) is 3.98. The summed E-state index contributed by atoms with van der Waals surface area (Å²) in [6, 6.07) is 8.44. The Morgan fingerprint density at radius 1 is 1.55 bits per heavy atom. The lowest BCUT2D eigenvalue weighted by Gasteiger charge is -2.29. The summed E-state index contributed by atoms with van der Waals surface area (Å²) in [6.45, 7) is 2.07. The zero-order chi connectivity index (χ0) is 15.9. The summed E-state index contributed by atoms with van der Waals surface area (Å²) >= 11 is 0. The van der Waals surface area contributed by atoms with Crippen LogP contribution in [0.3, 0.4) is 0 Å². The number of carbonyl (C=O) groups is 1. The molecule has 0 aromatic heterocycles. The molecular weight excluding hydrogens is 280 g/mol. The van der Waals surface area contributed by atoms with E-state index in [0.717, 1.165) is 25.7 Å². The van der Waals surface area contributed by atoms with E-state index in [4.69, 9.17) is 10.00 Å². The molecule has 0 amide bonds. The molecule has 0 radical (unpaired) electrons. The molecule has 118 valence electrons. The lowest BCUT2D eigenvalue weighted by Crippen LogP contribution is -2.40. The van der Waals surface area contributed by atoms with Crippen molar-refractivity contribution in [1.82, 2.24) is 5.32 Å². The molecule has 2 rings (SSSR count). The van der Waals surface area contributed by atoms with Gasteiger partial charge in [0.05, 0.1) is 12.7 Å². The molecule has 5 heteroatoms. The monoisotopic (exact) mass is 302 g/mol. The van der Waals surface area contributed by atoms with Crippen molar-refractivity contribution in [2.24, 2.45) is 5.92 Å². The van der Waals surface area contributed by atoms with Crippen LogP contribution in [0.4, 0.5) is 0 Å². The van der Waals surface area contributed by atoms with Crippen molar-refractivity contribution in [3.63, 3.8) is 0 Å². The lowest BCUT2D eigenvalue weighted by atomic mass is 9.86. The fourth-order valence-electron chi connectivity index (χ4n) is 2.92. The highest BCUT2D eigenvalue weighted by atomic mass is 16.5. The number of phenols is 1. The van der Waals surface area contributed by atoms with Crippen molar-refractivity contribution in [1.29, 1.82) is 5.26 Å². The number of nitriles is 1. The number of rotatable bonds is 5. The zero-order valence-electron chi connectivity index (χ0n) is 12.8. The molecule has 0 spiro atoms. The second kappa shape index (κ2) is 7.81. The van der Waals surface area contributed by atoms with E-state index in [9.17, 15) is 9.90 Å². The van der Waals surface area contributed by atoms with Gasteiger partial charge in [0.25, 0.3) is 0 Å². The second-order valence-electron chi connectivity index (χ2n) is 5.64. The van der Waals surface area contributed by atoms with Gasteiger partial charge in [0.2, 0.25) is 0 Å². The summed E-state index contributed by atoms with van der Waals surface area (Å²) in [7, 11) is 0. The summed E-state index contributed by atoms with van der Waals surface area (Å²) in [5, 5.41) is 22.0. The standard InChI is InChI=1S/C17H22N2O3/c1-2-22-17(21)16(13-6-4-8-15(20)10-13)19-14-7-3-5-12(9-14)11-18/h4,6,8,10,12,14,16,19-20H,2-3,5,7,9H2,1H3/t12-,14+,16+/m0/s1. The van der Waals surface area contributed by atoms with Gasteiger partial charge < -0.3 is 9.84 Å². The van der Waals surface area contributed by atoms with Crippen LogP contribution in [-0.2, 0) is 9.53 Å². The van der Waals surface area contributed by atoms with Gasteiger partial charge in [0, 0.05) is 12.0 Å². The number of nitrogens with zero attached hydrogens (tertiary/aromatic N) is 1. The van der Waals surface area contributed by atoms with Crippen LogP contribution in [-0.4, -0.2) is 23.7 Å². The molecular formula is C17H22N2O3. The van der Waals surface area contributed by atoms with E-state index in [1.165, 1.54) is 0 Å². The molecule has 2 N–H and O–H groups in total. The van der Waals surface area contributed by atoms with Crippen molar-refractivity contribution in [3.05, 3.63) is 29.8 Å². The van der Waals surface area contributed by atoms with Crippen LogP contribution in [0.2, 0.25) is 0 Å². The van der Waals surface area contributed by atoms with Crippen LogP contribution in [0, 0.1) is 17.2 Å². The Kier molecular flexibility index (Phi) is 5.79. The van der Waals surface area contributed by atoms with Crippen molar-refractivity contribution in [2.75, 3.05) is 6.61 Å². The first-order valence-electron chi connectivity index (χ1n) is 7.75. The van der Waals surface area contributed by atoms with E-state index in [2.05, 4.69) is 11.4 Å². The third kappa shape index (κ3) is 4.22. The van der Waals surface area contributed by atoms with Crippen LogP contribution in [0.25, 0.3) is 0 Å². The largest absolute Gasteiger partial charge is 0.508 e. The third-order valence-corrected chi connectivity index (χ3v) is 3.98. The smallest absolute Gasteiger partial charge is 0.327 e. The number of aromatic hydroxyl groups is 1. The average molecular weight is 302 g/mol. The van der Waals surface area contributed by atoms with Gasteiger partial charge in [-0.05, 0) is 43.9 Å². The Bertz CT molecular complexity index is 553. The zero-order valence-corrected chi connectivity index (χ0v) is 12.8. The fourth-order valence-corrected chi connectivity index (χ4v) is 2.92. The van der Waals surface area contributed by atoms with Gasteiger partial charge in [-0.3, -0.25) is 5.32 Å². The van der Waals surface area contributed by atoms with Crippen LogP contribution in [0.15, 0.2) is 24.3 Å². The molecule has 1 aliphatic rings. The molecule has 0 saturated heterocycles. The predicted octanol–water partition coefficient (Wildman–Crippen LogP) is 2.67. The Hall–Kier alpha value is -2.06. The van der Waals surface area contributed by atoms with Crippen LogP contribution in [0.5, 0.6) is 5.75 Å². The quantitative estimate of drug-likeness (QED) is 0.817. The van der Waals surface area contributed by atoms with Gasteiger partial charge in [0.15, 0.2) is 0 Å². The summed E-state index contributed by atoms with van der Waals surface area (Å²) in [6.07, 6.45) is 3.58. The number of carbonyl (C=O) groups excluding carboxylic acids is 1. The molecule has 1 aromatic carbocycles. The van der Waals surface area contributed by atoms with E-state index in [1.54, 1.807) is 31.2 Å². The lowest BCUT2D eigenvalue weighted by molar-refractivity contribution is -0.146. The van der Waals surface area contributed by atoms with E-state index in [0.29, 0.717) is 12.2 Å². The minimum atomic E-state index is -0.616. The number of phenolic OH excluding ortho intramolecular Hbond substituents is 1. The highest BCUT2D eigenvalue weighted by Crippen LogP contribution is 2.27. The van der Waals surface area contributed by atoms with Crippen LogP contribution >= 0.6 is 0 Å². The number of hydrogen-bond donors (Lipinski definition) is 2. The van der Waals surface area contributed by atoms with E-state index in [-0.39, 0.29) is 23.7 Å². The molecule has 1 saturated carbocycles. The fraction of sp³-hybridized carbons (Fsp3) is 0.529. The van der Waals surface area contributed by atoms with Crippen LogP contribution in [0.1, 0.15) is 44.2 Å². The maximum atomic E-state index is 12.2. The Morgan fingerprint density at radius 3 is 3.05 bits per heavy atom. The number of nitrogens with one attached hydrogen (secondary N) is 1. The Morgan fingerprint density at radius 2 is 2.36 bits per heavy atom. The van der Waals surface area contributed by atoms with E-state index in [1.807, 2.05) is 0 Å². The molecule has 0 aliphatic heterocycles. The molecule has 1 fully saturated rings. The first-order chi connectivity index (χ1) is 10.6. The van der Waals surface area contributed by atoms with Crippen molar-refractivity contribution >= 4 is 5.97 Å². The number of esters is 1. The highest BCUT2D eigenvalue weighted by Gasteiger charge is 2.28. The maximum absolute atomic E-state index is 12.2. The first kappa shape index (κ1) is 16.3. The summed E-state index contributed by atoms with van der Waals surface area (Å²) in [5.74, 6) is -0.197. The van der Waals surface area contributed by atoms with Gasteiger partial charge in [-0.2, -0.15) is 5.26 Å². The average Bonchev–Trinajstić information content (AvgIpc) is 2.53. The normalized spacial score (nSPS) is 22.5. The summed E-state index contributed by atoms with van der Waals surface area (Å²) < 4.78 is 5.14. The van der Waals surface area contributed by atoms with Crippen LogP contribution < -0.4 is 5.32 Å². The molecule has 1 aliphatic carbocycles. The second-order valence-corrected chi connectivity index (χ2v) is 5.64. The molecule has 1 aromatic rings. The predicted molar refractivity (Wildman–Crippen MR) is 82.0 cm³/mol. The topological polar surface area (TPSA) is 82.3 Å². The number of ether oxygens (including phenoxy) is 1.